The Kier molecular flexibility index (Phi) is 5.76. The minimum atomic E-state index is 0.354. The highest BCUT2D eigenvalue weighted by Gasteiger charge is 2.12. The molecular weight excluding hydrogens is 343 g/mol. The Morgan fingerprint density at radius 1 is 1.24 bits per heavy atom. The molecular formula is C15H14Cl2N2S2. The second-order valence-corrected chi connectivity index (χ2v) is 6.81. The molecule has 6 heteroatoms. The Morgan fingerprint density at radius 2 is 2.00 bits per heavy atom. The fourth-order valence-electron chi connectivity index (χ4n) is 1.90. The molecule has 2 rings (SSSR count). The SMILES string of the molecule is CCSc1cccc(Nc2cc(Cl)ccc2Cl)c1C(N)=S. The van der Waals surface area contributed by atoms with Crippen LogP contribution < -0.4 is 11.1 Å². The molecule has 0 aromatic heterocycles. The molecule has 0 heterocycles. The smallest absolute Gasteiger partial charge is 0.107 e. The Morgan fingerprint density at radius 3 is 2.67 bits per heavy atom. The number of anilines is 2. The number of benzene rings is 2. The maximum atomic E-state index is 6.19. The van der Waals surface area contributed by atoms with Gasteiger partial charge in [0.2, 0.25) is 0 Å². The van der Waals surface area contributed by atoms with Gasteiger partial charge in [0.15, 0.2) is 0 Å². The zero-order valence-corrected chi connectivity index (χ0v) is 14.5. The molecule has 0 aliphatic carbocycles. The Balaban J connectivity index is 2.46. The number of hydrogen-bond donors (Lipinski definition) is 2. The molecule has 21 heavy (non-hydrogen) atoms. The van der Waals surface area contributed by atoms with Crippen molar-refractivity contribution in [2.45, 2.75) is 11.8 Å². The minimum Gasteiger partial charge on any atom is -0.389 e. The van der Waals surface area contributed by atoms with E-state index in [1.165, 1.54) is 0 Å². The van der Waals surface area contributed by atoms with Crippen molar-refractivity contribution in [1.82, 2.24) is 0 Å². The third-order valence-electron chi connectivity index (χ3n) is 2.77. The lowest BCUT2D eigenvalue weighted by Gasteiger charge is -2.15. The summed E-state index contributed by atoms with van der Waals surface area (Å²) in [6, 6.07) is 11.1. The van der Waals surface area contributed by atoms with E-state index in [1.807, 2.05) is 18.2 Å². The fourth-order valence-corrected chi connectivity index (χ4v) is 3.38. The Bertz CT molecular complexity index is 675. The van der Waals surface area contributed by atoms with Crippen LogP contribution in [0.2, 0.25) is 10.0 Å². The van der Waals surface area contributed by atoms with E-state index < -0.39 is 0 Å². The van der Waals surface area contributed by atoms with Crippen molar-refractivity contribution in [2.24, 2.45) is 5.73 Å². The van der Waals surface area contributed by atoms with E-state index >= 15 is 0 Å². The lowest BCUT2D eigenvalue weighted by atomic mass is 10.1. The number of halogens is 2. The largest absolute Gasteiger partial charge is 0.389 e. The van der Waals surface area contributed by atoms with Gasteiger partial charge in [-0.25, -0.2) is 0 Å². The topological polar surface area (TPSA) is 38.0 Å². The van der Waals surface area contributed by atoms with E-state index in [1.54, 1.807) is 30.0 Å². The van der Waals surface area contributed by atoms with Gasteiger partial charge in [0.1, 0.15) is 4.99 Å². The first-order valence-electron chi connectivity index (χ1n) is 6.30. The molecule has 2 aromatic rings. The van der Waals surface area contributed by atoms with Crippen LogP contribution in [0.4, 0.5) is 11.4 Å². The zero-order valence-electron chi connectivity index (χ0n) is 11.3. The van der Waals surface area contributed by atoms with E-state index in [0.717, 1.165) is 27.6 Å². The molecule has 0 atom stereocenters. The number of thioether (sulfide) groups is 1. The minimum absolute atomic E-state index is 0.354. The van der Waals surface area contributed by atoms with Gasteiger partial charge in [-0.3, -0.25) is 0 Å². The number of rotatable bonds is 5. The monoisotopic (exact) mass is 356 g/mol. The molecule has 0 spiro atoms. The van der Waals surface area contributed by atoms with Crippen LogP contribution in [0.3, 0.4) is 0 Å². The molecule has 2 nitrogen and oxygen atoms in total. The summed E-state index contributed by atoms with van der Waals surface area (Å²) >= 11 is 19.1. The van der Waals surface area contributed by atoms with Crippen molar-refractivity contribution in [3.8, 4) is 0 Å². The molecule has 2 aromatic carbocycles. The molecule has 110 valence electrons. The van der Waals surface area contributed by atoms with Gasteiger partial charge in [0.05, 0.1) is 10.7 Å². The first kappa shape index (κ1) is 16.4. The summed E-state index contributed by atoms with van der Waals surface area (Å²) in [5.74, 6) is 0.941. The van der Waals surface area contributed by atoms with Crippen LogP contribution in [0.1, 0.15) is 12.5 Å². The van der Waals surface area contributed by atoms with Gasteiger partial charge in [0.25, 0.3) is 0 Å². The standard InChI is InChI=1S/C15H14Cl2N2S2/c1-2-21-13-5-3-4-11(14(13)15(18)20)19-12-8-9(16)6-7-10(12)17/h3-8,19H,2H2,1H3,(H2,18,20). The van der Waals surface area contributed by atoms with Crippen molar-refractivity contribution >= 4 is 63.5 Å². The van der Waals surface area contributed by atoms with Crippen LogP contribution >= 0.6 is 47.2 Å². The lowest BCUT2D eigenvalue weighted by molar-refractivity contribution is 1.38. The second kappa shape index (κ2) is 7.36. The highest BCUT2D eigenvalue weighted by Crippen LogP contribution is 2.33. The van der Waals surface area contributed by atoms with Gasteiger partial charge < -0.3 is 11.1 Å². The third-order valence-corrected chi connectivity index (χ3v) is 4.48. The quantitative estimate of drug-likeness (QED) is 0.549. The van der Waals surface area contributed by atoms with Gasteiger partial charge in [-0.2, -0.15) is 0 Å². The number of thiocarbonyl (C=S) groups is 1. The Hall–Kier alpha value is -0.940. The predicted octanol–water partition coefficient (Wildman–Crippen LogP) is 5.48. The van der Waals surface area contributed by atoms with Crippen molar-refractivity contribution in [1.29, 1.82) is 0 Å². The highest BCUT2D eigenvalue weighted by molar-refractivity contribution is 7.99. The summed E-state index contributed by atoms with van der Waals surface area (Å²) in [6.07, 6.45) is 0. The number of hydrogen-bond acceptors (Lipinski definition) is 3. The van der Waals surface area contributed by atoms with Gasteiger partial charge in [-0.05, 0) is 36.1 Å². The maximum absolute atomic E-state index is 6.19. The molecule has 0 saturated carbocycles. The van der Waals surface area contributed by atoms with Crippen LogP contribution in [-0.2, 0) is 0 Å². The summed E-state index contributed by atoms with van der Waals surface area (Å²) in [6.45, 7) is 2.09. The van der Waals surface area contributed by atoms with Crippen LogP contribution in [-0.4, -0.2) is 10.7 Å². The van der Waals surface area contributed by atoms with Crippen LogP contribution in [0.25, 0.3) is 0 Å². The predicted molar refractivity (Wildman–Crippen MR) is 98.5 cm³/mol. The average Bonchev–Trinajstić information content (AvgIpc) is 2.43. The van der Waals surface area contributed by atoms with Crippen LogP contribution in [0.5, 0.6) is 0 Å². The van der Waals surface area contributed by atoms with E-state index in [9.17, 15) is 0 Å². The first-order valence-corrected chi connectivity index (χ1v) is 8.45. The van der Waals surface area contributed by atoms with Gasteiger partial charge in [0, 0.05) is 21.2 Å². The van der Waals surface area contributed by atoms with E-state index in [2.05, 4.69) is 12.2 Å². The molecule has 0 aliphatic rings. The highest BCUT2D eigenvalue weighted by atomic mass is 35.5. The van der Waals surface area contributed by atoms with Crippen molar-refractivity contribution in [3.05, 3.63) is 52.0 Å². The summed E-state index contributed by atoms with van der Waals surface area (Å²) in [5, 5.41) is 4.46. The van der Waals surface area contributed by atoms with E-state index in [0.29, 0.717) is 15.0 Å². The molecule has 0 radical (unpaired) electrons. The summed E-state index contributed by atoms with van der Waals surface area (Å²) in [4.78, 5) is 1.40. The maximum Gasteiger partial charge on any atom is 0.107 e. The molecule has 0 amide bonds. The Labute approximate surface area is 144 Å². The lowest BCUT2D eigenvalue weighted by Crippen LogP contribution is -2.13. The molecule has 0 bridgehead atoms. The van der Waals surface area contributed by atoms with Crippen LogP contribution in [0, 0.1) is 0 Å². The van der Waals surface area contributed by atoms with Crippen molar-refractivity contribution < 1.29 is 0 Å². The molecule has 3 N–H and O–H groups in total. The summed E-state index contributed by atoms with van der Waals surface area (Å²) < 4.78 is 0. The third kappa shape index (κ3) is 4.04. The van der Waals surface area contributed by atoms with Crippen molar-refractivity contribution in [3.63, 3.8) is 0 Å². The number of nitrogens with one attached hydrogen (secondary N) is 1. The molecule has 0 saturated heterocycles. The van der Waals surface area contributed by atoms with Gasteiger partial charge >= 0.3 is 0 Å². The van der Waals surface area contributed by atoms with Gasteiger partial charge in [-0.15, -0.1) is 11.8 Å². The molecule has 0 aliphatic heterocycles. The molecule has 0 unspecified atom stereocenters. The fraction of sp³-hybridized carbons (Fsp3) is 0.133. The number of nitrogens with two attached hydrogens (primary N) is 1. The van der Waals surface area contributed by atoms with E-state index in [-0.39, 0.29) is 0 Å². The summed E-state index contributed by atoms with van der Waals surface area (Å²) in [5.41, 5.74) is 8.26. The zero-order chi connectivity index (χ0) is 15.4. The normalized spacial score (nSPS) is 10.4. The van der Waals surface area contributed by atoms with Crippen molar-refractivity contribution in [2.75, 3.05) is 11.1 Å². The second-order valence-electron chi connectivity index (χ2n) is 4.23. The van der Waals surface area contributed by atoms with Gasteiger partial charge in [-0.1, -0.05) is 48.4 Å². The molecule has 0 fully saturated rings. The first-order chi connectivity index (χ1) is 10.0. The van der Waals surface area contributed by atoms with Crippen LogP contribution in [0.15, 0.2) is 41.3 Å². The summed E-state index contributed by atoms with van der Waals surface area (Å²) in [7, 11) is 0. The average molecular weight is 357 g/mol. The van der Waals surface area contributed by atoms with E-state index in [4.69, 9.17) is 41.2 Å².